The number of hydrogen-bond donors (Lipinski definition) is 1. The Morgan fingerprint density at radius 3 is 2.30 bits per heavy atom. The molecule has 4 aliphatic rings. The van der Waals surface area contributed by atoms with Crippen molar-refractivity contribution in [3.63, 3.8) is 0 Å². The number of hydrogen-bond acceptors (Lipinski definition) is 10. The van der Waals surface area contributed by atoms with Crippen LogP contribution in [0.5, 0.6) is 0 Å². The van der Waals surface area contributed by atoms with Crippen molar-refractivity contribution in [2.45, 2.75) is 121 Å². The number of aliphatic hydroxyl groups is 1. The molecule has 4 saturated heterocycles. The maximum absolute atomic E-state index is 13.4. The third kappa shape index (κ3) is 5.93. The predicted molar refractivity (Wildman–Crippen MR) is 128 cm³/mol. The van der Waals surface area contributed by atoms with Crippen LogP contribution in [0.2, 0.25) is 0 Å². The van der Waals surface area contributed by atoms with Crippen LogP contribution >= 0.6 is 0 Å². The summed E-state index contributed by atoms with van der Waals surface area (Å²) >= 11 is 0. The highest BCUT2D eigenvalue weighted by molar-refractivity contribution is 5.84. The molecule has 206 valence electrons. The van der Waals surface area contributed by atoms with Crippen molar-refractivity contribution in [3.05, 3.63) is 35.9 Å². The Morgan fingerprint density at radius 2 is 1.62 bits per heavy atom. The van der Waals surface area contributed by atoms with Crippen LogP contribution in [0, 0.1) is 0 Å². The van der Waals surface area contributed by atoms with Crippen LogP contribution in [0.1, 0.15) is 53.5 Å². The highest BCUT2D eigenvalue weighted by atomic mass is 16.8. The molecule has 1 aromatic rings. The number of carbonyl (C=O) groups excluding carboxylic acids is 1. The van der Waals surface area contributed by atoms with Crippen molar-refractivity contribution < 1.29 is 47.8 Å². The Kier molecular flexibility index (Phi) is 7.27. The fourth-order valence-corrected chi connectivity index (χ4v) is 5.40. The zero-order valence-corrected chi connectivity index (χ0v) is 22.2. The molecule has 0 saturated carbocycles. The van der Waals surface area contributed by atoms with Gasteiger partial charge in [-0.15, -0.1) is 0 Å². The first-order valence-corrected chi connectivity index (χ1v) is 12.9. The quantitative estimate of drug-likeness (QED) is 0.546. The number of Topliss-reactive ketones (excluding diaryl/α,β-unsaturated/α-hetero) is 1. The number of ketones is 1. The molecular formula is C27H38O10. The first-order chi connectivity index (χ1) is 17.3. The Hall–Kier alpha value is -1.47. The summed E-state index contributed by atoms with van der Waals surface area (Å²) in [6, 6.07) is 9.69. The minimum Gasteiger partial charge on any atom is -0.390 e. The van der Waals surface area contributed by atoms with Crippen LogP contribution in [0.15, 0.2) is 30.3 Å². The minimum atomic E-state index is -1.18. The van der Waals surface area contributed by atoms with E-state index in [-0.39, 0.29) is 18.8 Å². The predicted octanol–water partition coefficient (Wildman–Crippen LogP) is 2.44. The van der Waals surface area contributed by atoms with Crippen molar-refractivity contribution in [1.29, 1.82) is 0 Å². The summed E-state index contributed by atoms with van der Waals surface area (Å²) in [5.74, 6) is -2.93. The van der Waals surface area contributed by atoms with Gasteiger partial charge in [-0.05, 0) is 47.1 Å². The lowest BCUT2D eigenvalue weighted by Gasteiger charge is -2.29. The number of ether oxygens (including phenoxy) is 8. The zero-order valence-electron chi connectivity index (χ0n) is 22.2. The van der Waals surface area contributed by atoms with Gasteiger partial charge in [-0.3, -0.25) is 4.79 Å². The molecular weight excluding hydrogens is 484 g/mol. The standard InChI is InChI=1S/C27H38O10/c1-25(2)31-14-18(33-25)21-20(34-26(3,4)35-21)17(29)12-16(28)19-22(30-13-15-10-8-7-9-11-15)23-24(32-19)37-27(5,6)36-23/h7-11,16,18-24,28H,12-14H2,1-6H3/t16-,18+,19+,20+,21+,22-,23+,24+/m0/s1. The fourth-order valence-electron chi connectivity index (χ4n) is 5.40. The summed E-state index contributed by atoms with van der Waals surface area (Å²) in [7, 11) is 0. The molecule has 0 unspecified atom stereocenters. The van der Waals surface area contributed by atoms with E-state index in [1.807, 2.05) is 44.2 Å². The first kappa shape index (κ1) is 27.1. The molecule has 0 bridgehead atoms. The average molecular weight is 523 g/mol. The van der Waals surface area contributed by atoms with Gasteiger partial charge in [0.2, 0.25) is 0 Å². The molecule has 4 aliphatic heterocycles. The molecule has 4 heterocycles. The van der Waals surface area contributed by atoms with Crippen molar-refractivity contribution in [2.75, 3.05) is 6.61 Å². The van der Waals surface area contributed by atoms with E-state index in [0.29, 0.717) is 6.61 Å². The van der Waals surface area contributed by atoms with Gasteiger partial charge < -0.3 is 43.0 Å². The molecule has 10 nitrogen and oxygen atoms in total. The van der Waals surface area contributed by atoms with E-state index in [4.69, 9.17) is 37.9 Å². The second-order valence-electron chi connectivity index (χ2n) is 11.5. The first-order valence-electron chi connectivity index (χ1n) is 12.9. The van der Waals surface area contributed by atoms with Gasteiger partial charge in [-0.2, -0.15) is 0 Å². The van der Waals surface area contributed by atoms with Gasteiger partial charge in [0.1, 0.15) is 36.6 Å². The van der Waals surface area contributed by atoms with E-state index < -0.39 is 66.4 Å². The van der Waals surface area contributed by atoms with Crippen molar-refractivity contribution in [3.8, 4) is 0 Å². The average Bonchev–Trinajstić information content (AvgIpc) is 3.51. The molecule has 0 amide bonds. The lowest BCUT2D eigenvalue weighted by molar-refractivity contribution is -0.230. The Balaban J connectivity index is 1.28. The van der Waals surface area contributed by atoms with Crippen LogP contribution in [0.3, 0.4) is 0 Å². The van der Waals surface area contributed by atoms with Crippen LogP contribution in [-0.4, -0.2) is 83.9 Å². The van der Waals surface area contributed by atoms with E-state index in [2.05, 4.69) is 0 Å². The van der Waals surface area contributed by atoms with Crippen LogP contribution in [-0.2, 0) is 49.3 Å². The lowest BCUT2D eigenvalue weighted by atomic mass is 9.96. The summed E-state index contributed by atoms with van der Waals surface area (Å²) in [4.78, 5) is 13.4. The molecule has 5 rings (SSSR count). The summed E-state index contributed by atoms with van der Waals surface area (Å²) in [5.41, 5.74) is 0.969. The van der Waals surface area contributed by atoms with Crippen molar-refractivity contribution in [1.82, 2.24) is 0 Å². The molecule has 4 fully saturated rings. The number of carbonyl (C=O) groups is 1. The Morgan fingerprint density at radius 1 is 0.946 bits per heavy atom. The van der Waals surface area contributed by atoms with E-state index in [1.165, 1.54) is 0 Å². The van der Waals surface area contributed by atoms with Crippen LogP contribution < -0.4 is 0 Å². The van der Waals surface area contributed by atoms with Gasteiger partial charge in [-0.25, -0.2) is 0 Å². The molecule has 8 atom stereocenters. The molecule has 1 N–H and O–H groups in total. The Bertz CT molecular complexity index is 963. The second kappa shape index (κ2) is 9.93. The number of fused-ring (bicyclic) bond motifs is 1. The topological polar surface area (TPSA) is 111 Å². The van der Waals surface area contributed by atoms with E-state index in [9.17, 15) is 9.90 Å². The van der Waals surface area contributed by atoms with Gasteiger partial charge in [-0.1, -0.05) is 30.3 Å². The summed E-state index contributed by atoms with van der Waals surface area (Å²) in [5, 5.41) is 11.2. The molecule has 0 aliphatic carbocycles. The molecule has 37 heavy (non-hydrogen) atoms. The van der Waals surface area contributed by atoms with Gasteiger partial charge in [0.15, 0.2) is 29.4 Å². The van der Waals surface area contributed by atoms with Gasteiger partial charge >= 0.3 is 0 Å². The van der Waals surface area contributed by atoms with E-state index in [1.54, 1.807) is 27.7 Å². The van der Waals surface area contributed by atoms with Crippen LogP contribution in [0.25, 0.3) is 0 Å². The van der Waals surface area contributed by atoms with Crippen LogP contribution in [0.4, 0.5) is 0 Å². The SMILES string of the molecule is CC1(C)O[C@H]2O[C@H]([C@@H](O)CC(=O)[C@H]3OC(C)(C)O[C@@H]3[C@H]3COC(C)(C)O3)[C@H](OCc3ccccc3)[C@H]2O1. The van der Waals surface area contributed by atoms with E-state index in [0.717, 1.165) is 5.56 Å². The maximum atomic E-state index is 13.4. The Labute approximate surface area is 217 Å². The molecule has 0 radical (unpaired) electrons. The summed E-state index contributed by atoms with van der Waals surface area (Å²) in [6.07, 6.45) is -6.22. The van der Waals surface area contributed by atoms with Crippen molar-refractivity contribution >= 4 is 5.78 Å². The largest absolute Gasteiger partial charge is 0.390 e. The van der Waals surface area contributed by atoms with E-state index >= 15 is 0 Å². The summed E-state index contributed by atoms with van der Waals surface area (Å²) in [6.45, 7) is 11.3. The highest BCUT2D eigenvalue weighted by Crippen LogP contribution is 2.41. The second-order valence-corrected chi connectivity index (χ2v) is 11.5. The fraction of sp³-hybridized carbons (Fsp3) is 0.741. The third-order valence-corrected chi connectivity index (χ3v) is 6.95. The van der Waals surface area contributed by atoms with Gasteiger partial charge in [0.25, 0.3) is 0 Å². The summed E-state index contributed by atoms with van der Waals surface area (Å²) < 4.78 is 47.8. The maximum Gasteiger partial charge on any atom is 0.190 e. The number of rotatable bonds is 8. The molecule has 0 spiro atoms. The molecule has 10 heteroatoms. The lowest BCUT2D eigenvalue weighted by Crippen LogP contribution is -2.46. The molecule has 1 aromatic carbocycles. The molecule has 0 aromatic heterocycles. The van der Waals surface area contributed by atoms with Gasteiger partial charge in [0.05, 0.1) is 19.3 Å². The monoisotopic (exact) mass is 522 g/mol. The van der Waals surface area contributed by atoms with Gasteiger partial charge in [0, 0.05) is 6.42 Å². The van der Waals surface area contributed by atoms with Crippen molar-refractivity contribution in [2.24, 2.45) is 0 Å². The zero-order chi connectivity index (χ0) is 26.6. The highest BCUT2D eigenvalue weighted by Gasteiger charge is 2.58. The minimum absolute atomic E-state index is 0.226. The number of aliphatic hydroxyl groups excluding tert-OH is 1. The smallest absolute Gasteiger partial charge is 0.190 e. The normalized spacial score (nSPS) is 38.5. The number of benzene rings is 1. The third-order valence-electron chi connectivity index (χ3n) is 6.95.